The zero-order chi connectivity index (χ0) is 24.5. The van der Waals surface area contributed by atoms with Crippen molar-refractivity contribution >= 4 is 5.91 Å². The summed E-state index contributed by atoms with van der Waals surface area (Å²) < 4.78 is 22.5. The van der Waals surface area contributed by atoms with Crippen LogP contribution in [0, 0.1) is 5.82 Å². The van der Waals surface area contributed by atoms with Crippen LogP contribution in [0.2, 0.25) is 0 Å². The van der Waals surface area contributed by atoms with Crippen LogP contribution in [0.5, 0.6) is 11.5 Å². The van der Waals surface area contributed by atoms with Crippen LogP contribution >= 0.6 is 0 Å². The molecule has 1 N–H and O–H groups in total. The SMILES string of the molecule is C.C.CC[C@@H]1C/C=C/COc2c(F)cccc2[C@@H](c2ccccc2)N2CN1C(=O)c1c(O)c(=O)ccn12. The molecule has 37 heavy (non-hydrogen) atoms. The predicted octanol–water partition coefficient (Wildman–Crippen LogP) is 5.22. The first-order valence-corrected chi connectivity index (χ1v) is 11.6. The average molecular weight is 508 g/mol. The van der Waals surface area contributed by atoms with Crippen molar-refractivity contribution in [1.82, 2.24) is 9.58 Å². The number of aromatic hydroxyl groups is 1. The van der Waals surface area contributed by atoms with Crippen molar-refractivity contribution in [2.24, 2.45) is 0 Å². The van der Waals surface area contributed by atoms with E-state index in [1.54, 1.807) is 17.0 Å². The van der Waals surface area contributed by atoms with Crippen molar-refractivity contribution in [2.75, 3.05) is 18.3 Å². The number of rotatable bonds is 2. The van der Waals surface area contributed by atoms with Gasteiger partial charge in [-0.3, -0.25) is 19.3 Å². The molecule has 2 bridgehead atoms. The number of carbonyl (C=O) groups is 1. The molecule has 2 atom stereocenters. The Kier molecular flexibility index (Phi) is 8.42. The first-order chi connectivity index (χ1) is 17.0. The number of ether oxygens (including phenoxy) is 1. The minimum Gasteiger partial charge on any atom is -0.502 e. The summed E-state index contributed by atoms with van der Waals surface area (Å²) in [5.74, 6) is -1.40. The number of hydrogen-bond donors (Lipinski definition) is 1. The molecule has 0 saturated heterocycles. The Morgan fingerprint density at radius 2 is 1.78 bits per heavy atom. The Hall–Kier alpha value is -4.07. The van der Waals surface area contributed by atoms with Crippen molar-refractivity contribution in [3.8, 4) is 11.5 Å². The normalized spacial score (nSPS) is 19.6. The quantitative estimate of drug-likeness (QED) is 0.481. The molecule has 2 aromatic carbocycles. The van der Waals surface area contributed by atoms with Gasteiger partial charge in [0.05, 0.1) is 0 Å². The third-order valence-electron chi connectivity index (χ3n) is 6.61. The summed E-state index contributed by atoms with van der Waals surface area (Å²) in [6.45, 7) is 2.34. The Morgan fingerprint density at radius 1 is 1.03 bits per heavy atom. The first kappa shape index (κ1) is 27.5. The summed E-state index contributed by atoms with van der Waals surface area (Å²) in [7, 11) is 0. The fourth-order valence-electron chi connectivity index (χ4n) is 4.85. The molecule has 0 radical (unpaired) electrons. The van der Waals surface area contributed by atoms with Crippen LogP contribution in [-0.4, -0.2) is 39.9 Å². The van der Waals surface area contributed by atoms with Crippen molar-refractivity contribution < 1.29 is 19.0 Å². The second-order valence-corrected chi connectivity index (χ2v) is 8.63. The molecule has 196 valence electrons. The lowest BCUT2D eigenvalue weighted by atomic mass is 9.96. The molecule has 0 saturated carbocycles. The zero-order valence-electron chi connectivity index (χ0n) is 19.3. The van der Waals surface area contributed by atoms with Crippen LogP contribution in [0.3, 0.4) is 0 Å². The van der Waals surface area contributed by atoms with Crippen LogP contribution in [0.25, 0.3) is 0 Å². The van der Waals surface area contributed by atoms with Gasteiger partial charge in [0, 0.05) is 23.9 Å². The van der Waals surface area contributed by atoms with Crippen molar-refractivity contribution in [3.05, 3.63) is 106 Å². The van der Waals surface area contributed by atoms with Crippen LogP contribution in [0.1, 0.15) is 62.3 Å². The van der Waals surface area contributed by atoms with Gasteiger partial charge in [-0.25, -0.2) is 4.39 Å². The molecule has 2 aliphatic heterocycles. The van der Waals surface area contributed by atoms with Gasteiger partial charge in [0.1, 0.15) is 19.3 Å². The lowest BCUT2D eigenvalue weighted by molar-refractivity contribution is 0.0584. The van der Waals surface area contributed by atoms with Gasteiger partial charge < -0.3 is 14.7 Å². The highest BCUT2D eigenvalue weighted by molar-refractivity contribution is 5.96. The highest BCUT2D eigenvalue weighted by Crippen LogP contribution is 2.38. The van der Waals surface area contributed by atoms with Gasteiger partial charge in [-0.1, -0.05) is 76.4 Å². The molecular weight excluding hydrogens is 473 g/mol. The van der Waals surface area contributed by atoms with E-state index in [1.165, 1.54) is 23.0 Å². The molecular formula is C29H34FN3O4. The predicted molar refractivity (Wildman–Crippen MR) is 143 cm³/mol. The van der Waals surface area contributed by atoms with Crippen LogP contribution in [0.4, 0.5) is 4.39 Å². The van der Waals surface area contributed by atoms with Gasteiger partial charge in [0.15, 0.2) is 23.0 Å². The van der Waals surface area contributed by atoms with Gasteiger partial charge in [-0.05, 0) is 24.5 Å². The third-order valence-corrected chi connectivity index (χ3v) is 6.61. The Bertz CT molecular complexity index is 1340. The van der Waals surface area contributed by atoms with Crippen molar-refractivity contribution in [2.45, 2.75) is 46.7 Å². The van der Waals surface area contributed by atoms with E-state index in [0.717, 1.165) is 5.56 Å². The number of nitrogens with zero attached hydrogens (tertiary/aromatic N) is 3. The van der Waals surface area contributed by atoms with E-state index in [9.17, 15) is 14.7 Å². The number of benzene rings is 2. The van der Waals surface area contributed by atoms with E-state index in [1.807, 2.05) is 54.4 Å². The molecule has 2 aliphatic rings. The fraction of sp³-hybridized carbons (Fsp3) is 0.310. The summed E-state index contributed by atoms with van der Waals surface area (Å²) in [4.78, 5) is 27.6. The van der Waals surface area contributed by atoms with E-state index in [2.05, 4.69) is 0 Å². The van der Waals surface area contributed by atoms with Crippen LogP contribution in [0.15, 0.2) is 77.7 Å². The molecule has 3 aromatic rings. The number of para-hydroxylation sites is 1. The topological polar surface area (TPSA) is 75.0 Å². The third kappa shape index (κ3) is 4.83. The summed E-state index contributed by atoms with van der Waals surface area (Å²) in [6, 6.07) is 14.8. The molecule has 1 aromatic heterocycles. The summed E-state index contributed by atoms with van der Waals surface area (Å²) in [5.41, 5.74) is 0.660. The number of carbonyl (C=O) groups excluding carboxylic acids is 1. The zero-order valence-corrected chi connectivity index (χ0v) is 19.3. The highest BCUT2D eigenvalue weighted by Gasteiger charge is 2.39. The van der Waals surface area contributed by atoms with Crippen molar-refractivity contribution in [1.29, 1.82) is 0 Å². The molecule has 5 rings (SSSR count). The second kappa shape index (κ2) is 11.3. The molecule has 3 heterocycles. The van der Waals surface area contributed by atoms with Gasteiger partial charge in [-0.2, -0.15) is 0 Å². The first-order valence-electron chi connectivity index (χ1n) is 11.6. The van der Waals surface area contributed by atoms with Gasteiger partial charge in [0.25, 0.3) is 5.91 Å². The Morgan fingerprint density at radius 3 is 2.51 bits per heavy atom. The standard InChI is InChI=1S/C27H26FN3O4.2CH4/c1-2-19-11-6-7-16-35-26-20(12-8-13-21(26)28)23(18-9-4-3-5-10-18)31-17-29(19)27(34)24-25(33)22(32)14-15-30(24)31;;/h3-10,12-15,19,23,33H,2,11,16-17H2,1H3;2*1H4/b7-6+;;/t19-,23-;;/m1../s1. The molecule has 0 aliphatic carbocycles. The summed E-state index contributed by atoms with van der Waals surface area (Å²) in [5, 5.41) is 12.6. The lowest BCUT2D eigenvalue weighted by Crippen LogP contribution is -2.58. The summed E-state index contributed by atoms with van der Waals surface area (Å²) >= 11 is 0. The fourth-order valence-corrected chi connectivity index (χ4v) is 4.85. The summed E-state index contributed by atoms with van der Waals surface area (Å²) in [6.07, 6.45) is 6.44. The number of fused-ring (bicyclic) bond motifs is 5. The molecule has 0 fully saturated rings. The van der Waals surface area contributed by atoms with E-state index in [0.29, 0.717) is 18.4 Å². The maximum absolute atomic E-state index is 15.1. The van der Waals surface area contributed by atoms with Gasteiger partial charge >= 0.3 is 0 Å². The van der Waals surface area contributed by atoms with E-state index >= 15 is 4.39 Å². The molecule has 8 heteroatoms. The molecule has 1 amide bonds. The minimum atomic E-state index is -0.633. The Labute approximate surface area is 217 Å². The second-order valence-electron chi connectivity index (χ2n) is 8.63. The number of aromatic nitrogens is 1. The number of amides is 1. The number of pyridine rings is 1. The van der Waals surface area contributed by atoms with E-state index in [4.69, 9.17) is 4.74 Å². The minimum absolute atomic E-state index is 0. The molecule has 7 nitrogen and oxygen atoms in total. The van der Waals surface area contributed by atoms with Gasteiger partial charge in [0.2, 0.25) is 5.43 Å². The van der Waals surface area contributed by atoms with Crippen LogP contribution < -0.4 is 15.2 Å². The maximum Gasteiger partial charge on any atom is 0.278 e. The maximum atomic E-state index is 15.1. The number of hydrogen-bond acceptors (Lipinski definition) is 5. The monoisotopic (exact) mass is 507 g/mol. The van der Waals surface area contributed by atoms with E-state index < -0.39 is 28.9 Å². The van der Waals surface area contributed by atoms with Gasteiger partial charge in [-0.15, -0.1) is 0 Å². The molecule has 0 spiro atoms. The lowest BCUT2D eigenvalue weighted by Gasteiger charge is -2.46. The van der Waals surface area contributed by atoms with Crippen molar-refractivity contribution in [3.63, 3.8) is 0 Å². The Balaban J connectivity index is 0.00000190. The molecule has 0 unspecified atom stereocenters. The smallest absolute Gasteiger partial charge is 0.278 e. The van der Waals surface area contributed by atoms with Crippen LogP contribution in [-0.2, 0) is 0 Å². The van der Waals surface area contributed by atoms with E-state index in [-0.39, 0.29) is 45.6 Å². The largest absolute Gasteiger partial charge is 0.502 e. The highest BCUT2D eigenvalue weighted by atomic mass is 19.1. The average Bonchev–Trinajstić information content (AvgIpc) is 2.86. The number of halogens is 1.